The summed E-state index contributed by atoms with van der Waals surface area (Å²) in [6, 6.07) is 23.7. The fourth-order valence-corrected chi connectivity index (χ4v) is 6.27. The van der Waals surface area contributed by atoms with Gasteiger partial charge in [0.25, 0.3) is 5.56 Å². The van der Waals surface area contributed by atoms with E-state index in [9.17, 15) is 14.7 Å². The molecule has 3 aromatic carbocycles. The molecular weight excluding hydrogens is 625 g/mol. The van der Waals surface area contributed by atoms with E-state index in [-0.39, 0.29) is 13.0 Å². The molecule has 1 aromatic heterocycles. The Kier molecular flexibility index (Phi) is 10.8. The molecule has 1 saturated heterocycles. The van der Waals surface area contributed by atoms with Crippen molar-refractivity contribution in [1.29, 1.82) is 0 Å². The Morgan fingerprint density at radius 2 is 1.42 bits per heavy atom. The predicted octanol–water partition coefficient (Wildman–Crippen LogP) is 5.53. The first-order valence-corrected chi connectivity index (χ1v) is 19.8. The second kappa shape index (κ2) is 14.8. The number of aliphatic hydroxyl groups excluding tert-OH is 1. The highest BCUT2D eigenvalue weighted by atomic mass is 28.3. The van der Waals surface area contributed by atoms with Gasteiger partial charge in [-0.25, -0.2) is 4.79 Å². The van der Waals surface area contributed by atoms with Crippen LogP contribution in [0.4, 0.5) is 0 Å². The monoisotopic (exact) mass is 668 g/mol. The molecule has 5 rings (SSSR count). The van der Waals surface area contributed by atoms with Crippen LogP contribution in [0.1, 0.15) is 54.3 Å². The van der Waals surface area contributed by atoms with Gasteiger partial charge in [0.2, 0.25) is 0 Å². The van der Waals surface area contributed by atoms with E-state index >= 15 is 0 Å². The van der Waals surface area contributed by atoms with E-state index in [0.717, 1.165) is 33.8 Å². The van der Waals surface area contributed by atoms with Crippen LogP contribution >= 0.6 is 0 Å². The van der Waals surface area contributed by atoms with Crippen LogP contribution in [0.3, 0.4) is 0 Å². The van der Waals surface area contributed by atoms with Crippen molar-refractivity contribution in [2.24, 2.45) is 0 Å². The summed E-state index contributed by atoms with van der Waals surface area (Å²) < 4.78 is 26.1. The van der Waals surface area contributed by atoms with E-state index in [1.165, 1.54) is 10.8 Å². The number of H-pyrrole nitrogens is 1. The number of hydrogen-bond donors (Lipinski definition) is 2. The van der Waals surface area contributed by atoms with Gasteiger partial charge in [-0.15, -0.1) is 5.54 Å². The Labute approximate surface area is 282 Å². The van der Waals surface area contributed by atoms with Crippen molar-refractivity contribution in [1.82, 2.24) is 9.55 Å². The van der Waals surface area contributed by atoms with Gasteiger partial charge in [-0.3, -0.25) is 14.3 Å². The van der Waals surface area contributed by atoms with Gasteiger partial charge in [0.15, 0.2) is 0 Å². The number of aliphatic hydroxyl groups is 1. The summed E-state index contributed by atoms with van der Waals surface area (Å²) in [5.74, 6) is 4.80. The lowest BCUT2D eigenvalue weighted by Crippen LogP contribution is -2.38. The van der Waals surface area contributed by atoms with Gasteiger partial charge < -0.3 is 24.1 Å². The highest BCUT2D eigenvalue weighted by Crippen LogP contribution is 2.43. The number of aromatic amines is 1. The lowest BCUT2D eigenvalue weighted by atomic mass is 9.79. The minimum atomic E-state index is -1.58. The molecule has 9 nitrogen and oxygen atoms in total. The lowest BCUT2D eigenvalue weighted by molar-refractivity contribution is -0.0944. The smallest absolute Gasteiger partial charge is 0.330 e. The number of ether oxygens (including phenoxy) is 4. The summed E-state index contributed by atoms with van der Waals surface area (Å²) in [7, 11) is -1.58. The van der Waals surface area contributed by atoms with Gasteiger partial charge in [0.05, 0.1) is 25.9 Å². The number of hydrogen-bond acceptors (Lipinski definition) is 7. The number of aryl methyl sites for hydroxylation is 1. The van der Waals surface area contributed by atoms with Gasteiger partial charge in [-0.1, -0.05) is 62.0 Å². The minimum absolute atomic E-state index is 0.00758. The van der Waals surface area contributed by atoms with Gasteiger partial charge >= 0.3 is 5.69 Å². The molecule has 0 amide bonds. The predicted molar refractivity (Wildman–Crippen MR) is 188 cm³/mol. The van der Waals surface area contributed by atoms with Crippen LogP contribution in [0, 0.1) is 18.4 Å². The maximum absolute atomic E-state index is 12.6. The maximum Gasteiger partial charge on any atom is 0.330 e. The Bertz CT molecular complexity index is 1820. The van der Waals surface area contributed by atoms with Gasteiger partial charge in [-0.05, 0) is 73.9 Å². The highest BCUT2D eigenvalue weighted by molar-refractivity contribution is 6.83. The van der Waals surface area contributed by atoms with Crippen LogP contribution in [-0.4, -0.2) is 54.8 Å². The molecule has 0 unspecified atom stereocenters. The molecule has 0 spiro atoms. The second-order valence-corrected chi connectivity index (χ2v) is 17.6. The SMILES string of the molecule is CCOc1ccc(C(OC[C@H]2O[C@@H](n3cc(C)c(=O)[nH]c3=O)C[C@@H]2O)(c2ccc(C#C[Si](C)(C)C)cc2)c2ccc(OCC)cc2)cc1. The molecule has 48 heavy (non-hydrogen) atoms. The number of rotatable bonds is 11. The summed E-state index contributed by atoms with van der Waals surface area (Å²) in [5.41, 5.74) is 5.05. The van der Waals surface area contributed by atoms with Gasteiger partial charge in [0.1, 0.15) is 37.5 Å². The third kappa shape index (κ3) is 7.83. The maximum atomic E-state index is 12.6. The van der Waals surface area contributed by atoms with Crippen molar-refractivity contribution in [3.05, 3.63) is 128 Å². The van der Waals surface area contributed by atoms with E-state index in [1.54, 1.807) is 6.92 Å². The summed E-state index contributed by atoms with van der Waals surface area (Å²) in [6.07, 6.45) is -0.847. The molecule has 1 aliphatic rings. The van der Waals surface area contributed by atoms with Gasteiger partial charge in [0, 0.05) is 23.7 Å². The van der Waals surface area contributed by atoms with E-state index in [2.05, 4.69) is 36.1 Å². The Morgan fingerprint density at radius 3 is 1.92 bits per heavy atom. The average molecular weight is 669 g/mol. The van der Waals surface area contributed by atoms with Crippen molar-refractivity contribution >= 4 is 8.07 Å². The fraction of sp³-hybridized carbons (Fsp3) is 0.368. The Hall–Kier alpha value is -4.40. The average Bonchev–Trinajstić information content (AvgIpc) is 3.43. The van der Waals surface area contributed by atoms with Crippen LogP contribution in [0.25, 0.3) is 0 Å². The van der Waals surface area contributed by atoms with Crippen molar-refractivity contribution < 1.29 is 24.1 Å². The quantitative estimate of drug-likeness (QED) is 0.123. The molecule has 3 atom stereocenters. The fourth-order valence-electron chi connectivity index (χ4n) is 5.75. The first-order chi connectivity index (χ1) is 22.9. The number of nitrogens with zero attached hydrogens (tertiary/aromatic N) is 1. The zero-order chi connectivity index (χ0) is 34.5. The summed E-state index contributed by atoms with van der Waals surface area (Å²) in [4.78, 5) is 26.9. The zero-order valence-electron chi connectivity index (χ0n) is 28.4. The molecule has 1 aliphatic heterocycles. The third-order valence-corrected chi connectivity index (χ3v) is 9.02. The molecule has 0 bridgehead atoms. The summed E-state index contributed by atoms with van der Waals surface area (Å²) in [5, 5.41) is 11.2. The standard InChI is InChI=1S/C38H44N2O7Si/c1-7-44-31-17-13-29(14-18-31)38(30-15-19-32(20-16-30)45-8-2,28-11-9-27(10-12-28)21-22-48(4,5)6)46-25-34-33(41)23-35(47-34)40-24-26(3)36(42)39-37(40)43/h9-20,24,33-35,41H,7-8,23,25H2,1-6H3,(H,39,42,43)/t33-,34+,35+/m0/s1. The van der Waals surface area contributed by atoms with E-state index in [1.807, 2.05) is 86.6 Å². The first-order valence-electron chi connectivity index (χ1n) is 16.3. The number of aromatic nitrogens is 2. The van der Waals surface area contributed by atoms with Crippen molar-refractivity contribution in [2.75, 3.05) is 19.8 Å². The van der Waals surface area contributed by atoms with E-state index in [4.69, 9.17) is 18.9 Å². The van der Waals surface area contributed by atoms with Gasteiger partial charge in [-0.2, -0.15) is 0 Å². The number of nitrogens with one attached hydrogen (secondary N) is 1. The zero-order valence-corrected chi connectivity index (χ0v) is 29.4. The molecule has 0 aliphatic carbocycles. The van der Waals surface area contributed by atoms with Crippen molar-refractivity contribution in [3.8, 4) is 23.0 Å². The Morgan fingerprint density at radius 1 is 0.896 bits per heavy atom. The molecule has 10 heteroatoms. The third-order valence-electron chi connectivity index (χ3n) is 8.14. The number of benzene rings is 3. The topological polar surface area (TPSA) is 112 Å². The van der Waals surface area contributed by atoms with Crippen molar-refractivity contribution in [3.63, 3.8) is 0 Å². The second-order valence-electron chi connectivity index (χ2n) is 12.9. The molecule has 0 saturated carbocycles. The Balaban J connectivity index is 1.58. The van der Waals surface area contributed by atoms with Crippen LogP contribution in [0.5, 0.6) is 11.5 Å². The minimum Gasteiger partial charge on any atom is -0.494 e. The van der Waals surface area contributed by atoms with Crippen LogP contribution in [-0.2, 0) is 15.1 Å². The van der Waals surface area contributed by atoms with E-state index in [0.29, 0.717) is 18.8 Å². The summed E-state index contributed by atoms with van der Waals surface area (Å²) in [6.45, 7) is 13.2. The normalized spacial score (nSPS) is 17.9. The van der Waals surface area contributed by atoms with Crippen LogP contribution < -0.4 is 20.7 Å². The molecule has 0 radical (unpaired) electrons. The molecule has 1 fully saturated rings. The largest absolute Gasteiger partial charge is 0.494 e. The lowest BCUT2D eigenvalue weighted by Gasteiger charge is -2.37. The van der Waals surface area contributed by atoms with Crippen LogP contribution in [0.15, 0.2) is 88.6 Å². The molecule has 252 valence electrons. The molecular formula is C38H44N2O7Si. The highest BCUT2D eigenvalue weighted by Gasteiger charge is 2.42. The molecule has 2 heterocycles. The summed E-state index contributed by atoms with van der Waals surface area (Å²) >= 11 is 0. The molecule has 4 aromatic rings. The van der Waals surface area contributed by atoms with E-state index < -0.39 is 43.4 Å². The van der Waals surface area contributed by atoms with Crippen LogP contribution in [0.2, 0.25) is 19.6 Å². The first kappa shape index (κ1) is 34.9. The van der Waals surface area contributed by atoms with Crippen molar-refractivity contribution in [2.45, 2.75) is 70.9 Å². The molecule has 2 N–H and O–H groups in total.